The normalized spacial score (nSPS) is 11.6. The van der Waals surface area contributed by atoms with Crippen LogP contribution in [0.5, 0.6) is 11.5 Å². The first-order valence-electron chi connectivity index (χ1n) is 11.2. The van der Waals surface area contributed by atoms with Crippen LogP contribution in [0.3, 0.4) is 0 Å². The average Bonchev–Trinajstić information content (AvgIpc) is 3.25. The minimum absolute atomic E-state index is 0.260. The fraction of sp³-hybridized carbons (Fsp3) is 0.308. The van der Waals surface area contributed by atoms with Gasteiger partial charge in [0.05, 0.1) is 16.9 Å². The maximum atomic E-state index is 6.11. The number of rotatable bonds is 10. The molecule has 2 heterocycles. The Balaban J connectivity index is 1.42. The first kappa shape index (κ1) is 23.2. The van der Waals surface area contributed by atoms with Crippen LogP contribution in [0.1, 0.15) is 5.69 Å². The lowest BCUT2D eigenvalue weighted by atomic mass is 10.1. The quantitative estimate of drug-likeness (QED) is 0.226. The largest absolute Gasteiger partial charge is 0.457 e. The predicted molar refractivity (Wildman–Crippen MR) is 135 cm³/mol. The highest BCUT2D eigenvalue weighted by molar-refractivity contribution is 6.55. The molecular weight excluding hydrogens is 428 g/mol. The number of hydrogen-bond donors (Lipinski definition) is 0. The Morgan fingerprint density at radius 3 is 2.48 bits per heavy atom. The highest BCUT2D eigenvalue weighted by Crippen LogP contribution is 2.28. The molecule has 0 unspecified atom stereocenters. The van der Waals surface area contributed by atoms with Crippen molar-refractivity contribution in [2.24, 2.45) is 0 Å². The van der Waals surface area contributed by atoms with Crippen LogP contribution >= 0.6 is 0 Å². The number of hydrogen-bond acceptors (Lipinski definition) is 5. The molecular formula is C26H31N4O2Si. The number of aromatic nitrogens is 3. The molecule has 0 N–H and O–H groups in total. The van der Waals surface area contributed by atoms with Crippen molar-refractivity contribution < 1.29 is 9.47 Å². The Morgan fingerprint density at radius 2 is 1.73 bits per heavy atom. The molecule has 171 valence electrons. The van der Waals surface area contributed by atoms with Gasteiger partial charge in [-0.1, -0.05) is 19.2 Å². The lowest BCUT2D eigenvalue weighted by molar-refractivity contribution is 0.0801. The summed E-state index contributed by atoms with van der Waals surface area (Å²) in [5.41, 5.74) is 4.14. The molecule has 0 atom stereocenters. The van der Waals surface area contributed by atoms with Crippen LogP contribution < -0.4 is 4.74 Å². The lowest BCUT2D eigenvalue weighted by Gasteiger charge is -2.11. The molecule has 0 bridgehead atoms. The molecule has 33 heavy (non-hydrogen) atoms. The molecule has 4 rings (SSSR count). The smallest absolute Gasteiger partial charge is 0.139 e. The zero-order chi connectivity index (χ0) is 23.2. The summed E-state index contributed by atoms with van der Waals surface area (Å²) in [4.78, 5) is 6.85. The second-order valence-electron chi connectivity index (χ2n) is 8.73. The highest BCUT2D eigenvalue weighted by atomic mass is 28.3. The monoisotopic (exact) mass is 459 g/mol. The van der Waals surface area contributed by atoms with Gasteiger partial charge in [0, 0.05) is 39.1 Å². The Kier molecular flexibility index (Phi) is 7.54. The topological polar surface area (TPSA) is 52.4 Å². The van der Waals surface area contributed by atoms with Crippen LogP contribution in [0.4, 0.5) is 0 Å². The number of benzene rings is 2. The first-order valence-corrected chi connectivity index (χ1v) is 13.9. The van der Waals surface area contributed by atoms with Gasteiger partial charge in [-0.3, -0.25) is 4.98 Å². The van der Waals surface area contributed by atoms with Crippen LogP contribution in [0.25, 0.3) is 22.2 Å². The van der Waals surface area contributed by atoms with E-state index in [0.29, 0.717) is 6.73 Å². The second kappa shape index (κ2) is 10.7. The first-order chi connectivity index (χ1) is 16.0. The summed E-state index contributed by atoms with van der Waals surface area (Å²) in [6.07, 6.45) is 1.81. The van der Waals surface area contributed by atoms with Crippen molar-refractivity contribution in [2.75, 3.05) is 20.7 Å². The summed E-state index contributed by atoms with van der Waals surface area (Å²) in [6, 6.07) is 21.4. The standard InChI is InChI=1S/C26H31N4O2Si/c1-29(2)18-22-8-5-21-17-24(11-12-25(21)28-22)32-23-9-6-20(7-10-23)26-13-14-27-30(26)19-31-15-16-33(3)4/h5-14,17H,15-16,18-19H2,1-4H3. The average molecular weight is 460 g/mol. The molecule has 1 radical (unpaired) electrons. The van der Waals surface area contributed by atoms with Crippen LogP contribution in [0.2, 0.25) is 19.1 Å². The molecule has 0 aliphatic carbocycles. The van der Waals surface area contributed by atoms with E-state index in [1.807, 2.05) is 61.4 Å². The summed E-state index contributed by atoms with van der Waals surface area (Å²) in [5.74, 6) is 1.58. The van der Waals surface area contributed by atoms with Crippen LogP contribution in [-0.2, 0) is 18.0 Å². The minimum atomic E-state index is -0.260. The maximum Gasteiger partial charge on any atom is 0.139 e. The van der Waals surface area contributed by atoms with Crippen molar-refractivity contribution in [1.82, 2.24) is 19.7 Å². The SMILES string of the molecule is CN(C)Cc1ccc2cc(Oc3ccc(-c4ccnn4COCC[Si](C)C)cc3)ccc2n1. The van der Waals surface area contributed by atoms with E-state index in [9.17, 15) is 0 Å². The molecule has 7 heteroatoms. The van der Waals surface area contributed by atoms with Gasteiger partial charge < -0.3 is 14.4 Å². The minimum Gasteiger partial charge on any atom is -0.457 e. The van der Waals surface area contributed by atoms with Crippen molar-refractivity contribution in [3.8, 4) is 22.8 Å². The van der Waals surface area contributed by atoms with Gasteiger partial charge in [-0.15, -0.1) is 0 Å². The number of nitrogens with zero attached hydrogens (tertiary/aromatic N) is 4. The summed E-state index contributed by atoms with van der Waals surface area (Å²) in [5, 5.41) is 5.48. The predicted octanol–water partition coefficient (Wildman–Crippen LogP) is 5.68. The van der Waals surface area contributed by atoms with Gasteiger partial charge in [0.15, 0.2) is 0 Å². The van der Waals surface area contributed by atoms with Gasteiger partial charge in [-0.25, -0.2) is 4.68 Å². The number of pyridine rings is 1. The van der Waals surface area contributed by atoms with E-state index in [-0.39, 0.29) is 8.80 Å². The molecule has 4 aromatic rings. The van der Waals surface area contributed by atoms with Crippen LogP contribution in [-0.4, -0.2) is 49.2 Å². The van der Waals surface area contributed by atoms with Crippen LogP contribution in [0, 0.1) is 0 Å². The molecule has 0 amide bonds. The molecule has 0 spiro atoms. The fourth-order valence-corrected chi connectivity index (χ4v) is 4.11. The summed E-state index contributed by atoms with van der Waals surface area (Å²) < 4.78 is 13.8. The van der Waals surface area contributed by atoms with E-state index in [1.54, 1.807) is 0 Å². The molecule has 0 fully saturated rings. The van der Waals surface area contributed by atoms with E-state index >= 15 is 0 Å². The van der Waals surface area contributed by atoms with Crippen molar-refractivity contribution in [3.05, 3.63) is 72.6 Å². The van der Waals surface area contributed by atoms with E-state index in [1.165, 1.54) is 0 Å². The lowest BCUT2D eigenvalue weighted by Crippen LogP contribution is -2.11. The molecule has 2 aromatic carbocycles. The van der Waals surface area contributed by atoms with E-state index < -0.39 is 0 Å². The Hall–Kier alpha value is -3.00. The van der Waals surface area contributed by atoms with Crippen molar-refractivity contribution in [2.45, 2.75) is 32.4 Å². The van der Waals surface area contributed by atoms with Gasteiger partial charge in [0.25, 0.3) is 0 Å². The van der Waals surface area contributed by atoms with Crippen molar-refractivity contribution in [3.63, 3.8) is 0 Å². The fourth-order valence-electron chi connectivity index (χ4n) is 3.56. The van der Waals surface area contributed by atoms with Crippen molar-refractivity contribution >= 4 is 19.7 Å². The molecule has 0 aliphatic heterocycles. The third-order valence-corrected chi connectivity index (χ3v) is 6.46. The zero-order valence-electron chi connectivity index (χ0n) is 19.8. The van der Waals surface area contributed by atoms with Gasteiger partial charge in [-0.05, 0) is 74.7 Å². The third kappa shape index (κ3) is 6.28. The summed E-state index contributed by atoms with van der Waals surface area (Å²) >= 11 is 0. The molecule has 0 aliphatic rings. The maximum absolute atomic E-state index is 6.11. The van der Waals surface area contributed by atoms with Gasteiger partial charge in [0.2, 0.25) is 0 Å². The molecule has 0 saturated carbocycles. The molecule has 6 nitrogen and oxygen atoms in total. The second-order valence-corrected chi connectivity index (χ2v) is 11.6. The van der Waals surface area contributed by atoms with Gasteiger partial charge in [-0.2, -0.15) is 5.10 Å². The summed E-state index contributed by atoms with van der Waals surface area (Å²) in [6.45, 7) is 6.68. The van der Waals surface area contributed by atoms with E-state index in [0.717, 1.165) is 58.5 Å². The Morgan fingerprint density at radius 1 is 0.939 bits per heavy atom. The Bertz CT molecular complexity index is 1190. The molecule has 2 aromatic heterocycles. The van der Waals surface area contributed by atoms with E-state index in [2.05, 4.69) is 47.4 Å². The Labute approximate surface area is 197 Å². The van der Waals surface area contributed by atoms with Crippen LogP contribution in [0.15, 0.2) is 66.9 Å². The van der Waals surface area contributed by atoms with E-state index in [4.69, 9.17) is 14.5 Å². The highest BCUT2D eigenvalue weighted by Gasteiger charge is 2.08. The third-order valence-electron chi connectivity index (χ3n) is 5.26. The number of fused-ring (bicyclic) bond motifs is 1. The van der Waals surface area contributed by atoms with Crippen molar-refractivity contribution in [1.29, 1.82) is 0 Å². The van der Waals surface area contributed by atoms with Gasteiger partial charge in [0.1, 0.15) is 18.2 Å². The number of ether oxygens (including phenoxy) is 2. The van der Waals surface area contributed by atoms with Gasteiger partial charge >= 0.3 is 0 Å². The zero-order valence-corrected chi connectivity index (χ0v) is 20.8. The molecule has 0 saturated heterocycles. The summed E-state index contributed by atoms with van der Waals surface area (Å²) in [7, 11) is 3.83.